The Balaban J connectivity index is 2.76. The zero-order valence-corrected chi connectivity index (χ0v) is 12.1. The zero-order chi connectivity index (χ0) is 15.5. The van der Waals surface area contributed by atoms with Gasteiger partial charge in [-0.05, 0) is 39.8 Å². The molecule has 0 bridgehead atoms. The number of amides is 1. The second kappa shape index (κ2) is 5.81. The van der Waals surface area contributed by atoms with Crippen LogP contribution in [0.2, 0.25) is 0 Å². The fourth-order valence-corrected chi connectivity index (χ4v) is 1.54. The summed E-state index contributed by atoms with van der Waals surface area (Å²) in [6.07, 6.45) is -0.704. The van der Waals surface area contributed by atoms with Crippen molar-refractivity contribution >= 4 is 17.6 Å². The van der Waals surface area contributed by atoms with Gasteiger partial charge in [0.05, 0.1) is 5.56 Å². The minimum Gasteiger partial charge on any atom is -0.481 e. The number of ether oxygens (including phenoxy) is 1. The molecular formula is C14H20N2O4. The Kier molecular flexibility index (Phi) is 4.60. The minimum absolute atomic E-state index is 0.00384. The van der Waals surface area contributed by atoms with Gasteiger partial charge < -0.3 is 20.9 Å². The quantitative estimate of drug-likeness (QED) is 0.728. The maximum Gasteiger partial charge on any atom is 0.337 e. The van der Waals surface area contributed by atoms with Gasteiger partial charge in [0.1, 0.15) is 5.75 Å². The average Bonchev–Trinajstić information content (AvgIpc) is 2.26. The molecule has 0 saturated heterocycles. The molecule has 20 heavy (non-hydrogen) atoms. The van der Waals surface area contributed by atoms with Crippen molar-refractivity contribution in [1.82, 2.24) is 5.32 Å². The Morgan fingerprint density at radius 1 is 1.35 bits per heavy atom. The third-order valence-electron chi connectivity index (χ3n) is 2.43. The van der Waals surface area contributed by atoms with Crippen molar-refractivity contribution in [1.29, 1.82) is 0 Å². The summed E-state index contributed by atoms with van der Waals surface area (Å²) >= 11 is 0. The van der Waals surface area contributed by atoms with Gasteiger partial charge in [0.15, 0.2) is 6.10 Å². The van der Waals surface area contributed by atoms with E-state index in [0.717, 1.165) is 0 Å². The Labute approximate surface area is 117 Å². The standard InChI is InChI=1S/C14H20N2O4/c1-8(12(17)16-14(2,3)4)20-9-5-6-10(13(18)19)11(15)7-9/h5-8H,15H2,1-4H3,(H,16,17)(H,18,19). The average molecular weight is 280 g/mol. The minimum atomic E-state index is -1.10. The number of nitrogen functional groups attached to an aromatic ring is 1. The number of nitrogens with one attached hydrogen (secondary N) is 1. The summed E-state index contributed by atoms with van der Waals surface area (Å²) in [7, 11) is 0. The van der Waals surface area contributed by atoms with Crippen molar-refractivity contribution < 1.29 is 19.4 Å². The zero-order valence-electron chi connectivity index (χ0n) is 12.1. The summed E-state index contributed by atoms with van der Waals surface area (Å²) in [5.74, 6) is -1.00. The molecule has 0 aromatic heterocycles. The molecule has 1 atom stereocenters. The van der Waals surface area contributed by atoms with Gasteiger partial charge in [-0.3, -0.25) is 4.79 Å². The molecule has 0 aliphatic rings. The van der Waals surface area contributed by atoms with Crippen molar-refractivity contribution in [3.05, 3.63) is 23.8 Å². The lowest BCUT2D eigenvalue weighted by Gasteiger charge is -2.23. The Morgan fingerprint density at radius 3 is 2.40 bits per heavy atom. The number of aromatic carboxylic acids is 1. The number of anilines is 1. The summed E-state index contributed by atoms with van der Waals surface area (Å²) in [5, 5.41) is 11.7. The van der Waals surface area contributed by atoms with E-state index in [-0.39, 0.29) is 22.7 Å². The number of carbonyl (C=O) groups excluding carboxylic acids is 1. The highest BCUT2D eigenvalue weighted by Crippen LogP contribution is 2.21. The summed E-state index contributed by atoms with van der Waals surface area (Å²) < 4.78 is 5.45. The van der Waals surface area contributed by atoms with E-state index >= 15 is 0 Å². The van der Waals surface area contributed by atoms with Gasteiger partial charge in [0.25, 0.3) is 5.91 Å². The fraction of sp³-hybridized carbons (Fsp3) is 0.429. The van der Waals surface area contributed by atoms with E-state index in [1.807, 2.05) is 20.8 Å². The molecular weight excluding hydrogens is 260 g/mol. The SMILES string of the molecule is CC(Oc1ccc(C(=O)O)c(N)c1)C(=O)NC(C)(C)C. The summed E-state index contributed by atoms with van der Waals surface area (Å²) in [5.41, 5.74) is 5.37. The van der Waals surface area contributed by atoms with Crippen LogP contribution in [0.4, 0.5) is 5.69 Å². The first kappa shape index (κ1) is 15.8. The molecule has 0 heterocycles. The van der Waals surface area contributed by atoms with Crippen molar-refractivity contribution in [3.63, 3.8) is 0 Å². The molecule has 110 valence electrons. The van der Waals surface area contributed by atoms with Gasteiger partial charge in [0.2, 0.25) is 0 Å². The van der Waals surface area contributed by atoms with E-state index in [0.29, 0.717) is 5.75 Å². The number of rotatable bonds is 4. The Bertz CT molecular complexity index is 520. The molecule has 1 unspecified atom stereocenters. The van der Waals surface area contributed by atoms with Gasteiger partial charge in [0, 0.05) is 17.3 Å². The summed E-state index contributed by atoms with van der Waals surface area (Å²) in [6.45, 7) is 7.23. The van der Waals surface area contributed by atoms with Crippen LogP contribution in [-0.2, 0) is 4.79 Å². The molecule has 0 aliphatic heterocycles. The number of nitrogens with two attached hydrogens (primary N) is 1. The lowest BCUT2D eigenvalue weighted by atomic mass is 10.1. The predicted molar refractivity (Wildman–Crippen MR) is 75.8 cm³/mol. The Hall–Kier alpha value is -2.24. The van der Waals surface area contributed by atoms with E-state index in [9.17, 15) is 9.59 Å². The highest BCUT2D eigenvalue weighted by atomic mass is 16.5. The second-order valence-electron chi connectivity index (χ2n) is 5.55. The van der Waals surface area contributed by atoms with Crippen LogP contribution in [0.5, 0.6) is 5.75 Å². The molecule has 0 fully saturated rings. The smallest absolute Gasteiger partial charge is 0.337 e. The van der Waals surface area contributed by atoms with Crippen LogP contribution in [0.3, 0.4) is 0 Å². The molecule has 6 heteroatoms. The summed E-state index contributed by atoms with van der Waals surface area (Å²) in [6, 6.07) is 4.21. The van der Waals surface area contributed by atoms with Gasteiger partial charge in [-0.2, -0.15) is 0 Å². The first-order valence-electron chi connectivity index (χ1n) is 6.21. The number of benzene rings is 1. The van der Waals surface area contributed by atoms with Crippen LogP contribution in [0.15, 0.2) is 18.2 Å². The second-order valence-corrected chi connectivity index (χ2v) is 5.55. The van der Waals surface area contributed by atoms with Crippen LogP contribution in [0.1, 0.15) is 38.1 Å². The maximum absolute atomic E-state index is 11.9. The van der Waals surface area contributed by atoms with E-state index in [2.05, 4.69) is 5.32 Å². The summed E-state index contributed by atoms with van der Waals surface area (Å²) in [4.78, 5) is 22.7. The lowest BCUT2D eigenvalue weighted by molar-refractivity contribution is -0.128. The van der Waals surface area contributed by atoms with Crippen molar-refractivity contribution in [2.24, 2.45) is 0 Å². The molecule has 0 saturated carbocycles. The van der Waals surface area contributed by atoms with E-state index in [1.54, 1.807) is 6.92 Å². The van der Waals surface area contributed by atoms with Crippen LogP contribution in [0.25, 0.3) is 0 Å². The third-order valence-corrected chi connectivity index (χ3v) is 2.43. The lowest BCUT2D eigenvalue weighted by Crippen LogP contribution is -2.46. The molecule has 0 aliphatic carbocycles. The molecule has 0 radical (unpaired) electrons. The van der Waals surface area contributed by atoms with Crippen molar-refractivity contribution in [2.45, 2.75) is 39.3 Å². The molecule has 1 aromatic rings. The molecule has 1 rings (SSSR count). The van der Waals surface area contributed by atoms with Crippen LogP contribution >= 0.6 is 0 Å². The largest absolute Gasteiger partial charge is 0.481 e. The van der Waals surface area contributed by atoms with Gasteiger partial charge in [-0.1, -0.05) is 0 Å². The molecule has 4 N–H and O–H groups in total. The highest BCUT2D eigenvalue weighted by molar-refractivity contribution is 5.93. The van der Waals surface area contributed by atoms with Gasteiger partial charge >= 0.3 is 5.97 Å². The van der Waals surface area contributed by atoms with Crippen LogP contribution in [0, 0.1) is 0 Å². The molecule has 6 nitrogen and oxygen atoms in total. The maximum atomic E-state index is 11.9. The fourth-order valence-electron chi connectivity index (χ4n) is 1.54. The van der Waals surface area contributed by atoms with E-state index in [4.69, 9.17) is 15.6 Å². The molecule has 1 aromatic carbocycles. The molecule has 1 amide bonds. The van der Waals surface area contributed by atoms with Gasteiger partial charge in [-0.25, -0.2) is 4.79 Å². The number of hydrogen-bond acceptors (Lipinski definition) is 4. The first-order valence-corrected chi connectivity index (χ1v) is 6.21. The molecule has 0 spiro atoms. The normalized spacial score (nSPS) is 12.6. The highest BCUT2D eigenvalue weighted by Gasteiger charge is 2.21. The monoisotopic (exact) mass is 280 g/mol. The van der Waals surface area contributed by atoms with Crippen molar-refractivity contribution in [3.8, 4) is 5.75 Å². The van der Waals surface area contributed by atoms with Crippen LogP contribution in [-0.4, -0.2) is 28.6 Å². The third kappa shape index (κ3) is 4.46. The van der Waals surface area contributed by atoms with Gasteiger partial charge in [-0.15, -0.1) is 0 Å². The van der Waals surface area contributed by atoms with E-state index < -0.39 is 12.1 Å². The predicted octanol–water partition coefficient (Wildman–Crippen LogP) is 1.65. The van der Waals surface area contributed by atoms with Crippen LogP contribution < -0.4 is 15.8 Å². The number of carboxylic acid groups (broad SMARTS) is 1. The number of hydrogen-bond donors (Lipinski definition) is 3. The first-order chi connectivity index (χ1) is 9.10. The van der Waals surface area contributed by atoms with E-state index in [1.165, 1.54) is 18.2 Å². The number of carboxylic acids is 1. The number of carbonyl (C=O) groups is 2. The topological polar surface area (TPSA) is 102 Å². The Morgan fingerprint density at radius 2 is 1.95 bits per heavy atom. The van der Waals surface area contributed by atoms with Crippen molar-refractivity contribution in [2.75, 3.05) is 5.73 Å².